The van der Waals surface area contributed by atoms with Crippen molar-refractivity contribution in [3.8, 4) is 0 Å². The van der Waals surface area contributed by atoms with E-state index < -0.39 is 17.6 Å². The molecule has 2 amide bonds. The largest absolute Gasteiger partial charge is 0.351 e. The fourth-order valence-electron chi connectivity index (χ4n) is 4.68. The van der Waals surface area contributed by atoms with Gasteiger partial charge in [-0.15, -0.1) is 0 Å². The van der Waals surface area contributed by atoms with Gasteiger partial charge in [-0.1, -0.05) is 25.7 Å². The molecule has 1 aromatic rings. The Kier molecular flexibility index (Phi) is 8.66. The fraction of sp³-hybridized carbons (Fsp3) is 0.714. The van der Waals surface area contributed by atoms with Crippen LogP contribution in [0.5, 0.6) is 0 Å². The Bertz CT molecular complexity index is 830. The number of hydroxylamine groups is 2. The number of hydrogen-bond donors (Lipinski definition) is 3. The number of aromatic nitrogens is 2. The number of carbonyl (C=O) groups is 2. The number of piperazine rings is 1. The Balaban J connectivity index is 1.71. The summed E-state index contributed by atoms with van der Waals surface area (Å²) in [5, 5.41) is 9.92. The molecule has 0 spiro atoms. The van der Waals surface area contributed by atoms with Crippen LogP contribution in [0.15, 0.2) is 0 Å². The zero-order valence-electron chi connectivity index (χ0n) is 19.3. The minimum Gasteiger partial charge on any atom is -0.351 e. The van der Waals surface area contributed by atoms with Gasteiger partial charge in [0.05, 0.1) is 12.5 Å². The molecule has 33 heavy (non-hydrogen) atoms. The first-order valence-electron chi connectivity index (χ1n) is 11.4. The summed E-state index contributed by atoms with van der Waals surface area (Å²) < 4.78 is 15.3. The monoisotopic (exact) mass is 485 g/mol. The molecule has 10 nitrogen and oxygen atoms in total. The summed E-state index contributed by atoms with van der Waals surface area (Å²) in [7, 11) is 2.03. The van der Waals surface area contributed by atoms with E-state index >= 15 is 4.39 Å². The van der Waals surface area contributed by atoms with Crippen LogP contribution in [0.3, 0.4) is 0 Å². The van der Waals surface area contributed by atoms with Crippen LogP contribution in [0.4, 0.5) is 16.0 Å². The first kappa shape index (κ1) is 25.4. The zero-order chi connectivity index (χ0) is 24.1. The lowest BCUT2D eigenvalue weighted by atomic mass is 9.92. The molecule has 1 aromatic heterocycles. The molecular formula is C21H33ClFN7O3. The first-order chi connectivity index (χ1) is 15.7. The molecule has 1 aliphatic heterocycles. The normalized spacial score (nSPS) is 22.8. The van der Waals surface area contributed by atoms with E-state index in [9.17, 15) is 14.8 Å². The third-order valence-corrected chi connectivity index (χ3v) is 6.93. The van der Waals surface area contributed by atoms with Crippen LogP contribution in [-0.4, -0.2) is 76.2 Å². The van der Waals surface area contributed by atoms with E-state index in [1.165, 1.54) is 0 Å². The van der Waals surface area contributed by atoms with E-state index in [1.54, 1.807) is 0 Å². The summed E-state index contributed by atoms with van der Waals surface area (Å²) in [6, 6.07) is 0.377. The Morgan fingerprint density at radius 3 is 2.55 bits per heavy atom. The molecule has 1 aliphatic carbocycles. The number of halogens is 2. The average Bonchev–Trinajstić information content (AvgIpc) is 3.29. The molecule has 0 radical (unpaired) electrons. The van der Waals surface area contributed by atoms with E-state index in [-0.39, 0.29) is 42.0 Å². The summed E-state index contributed by atoms with van der Waals surface area (Å²) in [5.74, 6) is -1.67. The van der Waals surface area contributed by atoms with Gasteiger partial charge in [-0.2, -0.15) is 14.4 Å². The van der Waals surface area contributed by atoms with Gasteiger partial charge in [-0.05, 0) is 44.8 Å². The predicted octanol–water partition coefficient (Wildman–Crippen LogP) is 2.29. The predicted molar refractivity (Wildman–Crippen MR) is 122 cm³/mol. The summed E-state index contributed by atoms with van der Waals surface area (Å²) in [5.41, 5.74) is 4.99. The van der Waals surface area contributed by atoms with E-state index in [1.807, 2.05) is 11.9 Å². The molecule has 3 rings (SSSR count). The van der Waals surface area contributed by atoms with E-state index in [0.717, 1.165) is 25.7 Å². The van der Waals surface area contributed by atoms with Crippen LogP contribution in [0.2, 0.25) is 5.28 Å². The van der Waals surface area contributed by atoms with Crippen LogP contribution < -0.4 is 15.8 Å². The zero-order valence-corrected chi connectivity index (χ0v) is 20.1. The summed E-state index contributed by atoms with van der Waals surface area (Å²) in [4.78, 5) is 35.7. The lowest BCUT2D eigenvalue weighted by Gasteiger charge is -2.43. The van der Waals surface area contributed by atoms with E-state index in [4.69, 9.17) is 11.6 Å². The maximum atomic E-state index is 15.3. The van der Waals surface area contributed by atoms with Gasteiger partial charge in [0.25, 0.3) is 0 Å². The minimum absolute atomic E-state index is 0.0727. The van der Waals surface area contributed by atoms with Crippen molar-refractivity contribution < 1.29 is 19.2 Å². The van der Waals surface area contributed by atoms with Gasteiger partial charge in [-0.25, -0.2) is 5.06 Å². The highest BCUT2D eigenvalue weighted by atomic mass is 35.5. The van der Waals surface area contributed by atoms with Gasteiger partial charge in [-0.3, -0.25) is 30.5 Å². The van der Waals surface area contributed by atoms with Crippen molar-refractivity contribution in [3.63, 3.8) is 0 Å². The molecule has 1 saturated heterocycles. The molecule has 3 N–H and O–H groups in total. The molecule has 12 heteroatoms. The lowest BCUT2D eigenvalue weighted by Crippen LogP contribution is -2.55. The molecule has 0 bridgehead atoms. The Morgan fingerprint density at radius 1 is 1.30 bits per heavy atom. The second-order valence-corrected chi connectivity index (χ2v) is 9.51. The Morgan fingerprint density at radius 2 is 1.94 bits per heavy atom. The topological polar surface area (TPSA) is 114 Å². The number of anilines is 2. The van der Waals surface area contributed by atoms with E-state index in [0.29, 0.717) is 30.5 Å². The second kappa shape index (κ2) is 11.3. The summed E-state index contributed by atoms with van der Waals surface area (Å²) in [6.07, 6.45) is 5.00. The number of nitrogens with zero attached hydrogens (tertiary/aromatic N) is 5. The number of hydrogen-bond acceptors (Lipinski definition) is 8. The van der Waals surface area contributed by atoms with Crippen LogP contribution in [0.1, 0.15) is 46.0 Å². The fourth-order valence-corrected chi connectivity index (χ4v) is 4.85. The molecule has 1 saturated carbocycles. The van der Waals surface area contributed by atoms with Crippen molar-refractivity contribution in [3.05, 3.63) is 11.1 Å². The standard InChI is InChI=1S/C21H33ClFN7O3/c1-13-9-29(10-14(2)28(13)3)19-17(23)18(24-21(22)25-19)26-27-20(32)16(11-30(33)12-31)8-15-6-4-5-7-15/h12-16,33H,4-11H2,1-3H3,(H,27,32)(H,24,25,26)/t13-,14+,16-/m1/s1. The highest BCUT2D eigenvalue weighted by Gasteiger charge is 2.31. The highest BCUT2D eigenvalue weighted by molar-refractivity contribution is 6.28. The van der Waals surface area contributed by atoms with Crippen LogP contribution >= 0.6 is 11.6 Å². The van der Waals surface area contributed by atoms with Gasteiger partial charge >= 0.3 is 0 Å². The smallest absolute Gasteiger partial charge is 0.243 e. The van der Waals surface area contributed by atoms with Crippen molar-refractivity contribution >= 4 is 35.6 Å². The third-order valence-electron chi connectivity index (χ3n) is 6.76. The SMILES string of the molecule is C[C@@H]1CN(c2nc(Cl)nc(NNC(=O)[C@H](CC3CCCC3)CN(O)C=O)c2F)C[C@H](C)N1C. The van der Waals surface area contributed by atoms with Crippen molar-refractivity contribution in [2.75, 3.05) is 37.0 Å². The third kappa shape index (κ3) is 6.42. The number of amides is 2. The Labute approximate surface area is 198 Å². The van der Waals surface area contributed by atoms with Gasteiger partial charge in [0.2, 0.25) is 23.4 Å². The van der Waals surface area contributed by atoms with Crippen molar-refractivity contribution in [1.29, 1.82) is 0 Å². The average molecular weight is 486 g/mol. The van der Waals surface area contributed by atoms with Crippen molar-refractivity contribution in [2.45, 2.75) is 58.0 Å². The highest BCUT2D eigenvalue weighted by Crippen LogP contribution is 2.31. The van der Waals surface area contributed by atoms with Gasteiger partial charge in [0.1, 0.15) is 0 Å². The van der Waals surface area contributed by atoms with Crippen molar-refractivity contribution in [2.24, 2.45) is 11.8 Å². The Hall–Kier alpha value is -2.24. The molecule has 2 fully saturated rings. The second-order valence-electron chi connectivity index (χ2n) is 9.17. The number of nitrogens with one attached hydrogen (secondary N) is 2. The van der Waals surface area contributed by atoms with Crippen LogP contribution in [-0.2, 0) is 9.59 Å². The summed E-state index contributed by atoms with van der Waals surface area (Å²) in [6.45, 7) is 5.09. The molecule has 3 atom stereocenters. The number of likely N-dealkylation sites (N-methyl/N-ethyl adjacent to an activating group) is 1. The lowest BCUT2D eigenvalue weighted by molar-refractivity contribution is -0.154. The number of carbonyl (C=O) groups excluding carboxylic acids is 2. The van der Waals surface area contributed by atoms with Crippen LogP contribution in [0, 0.1) is 17.7 Å². The molecule has 2 aliphatic rings. The minimum atomic E-state index is -0.715. The van der Waals surface area contributed by atoms with Gasteiger partial charge in [0, 0.05) is 25.2 Å². The van der Waals surface area contributed by atoms with Gasteiger partial charge < -0.3 is 4.90 Å². The quantitative estimate of drug-likeness (QED) is 0.211. The molecule has 2 heterocycles. The summed E-state index contributed by atoms with van der Waals surface area (Å²) >= 11 is 6.06. The molecule has 0 aromatic carbocycles. The number of hydrazine groups is 1. The molecule has 184 valence electrons. The van der Waals surface area contributed by atoms with E-state index in [2.05, 4.69) is 39.6 Å². The molecular weight excluding hydrogens is 453 g/mol. The number of rotatable bonds is 9. The maximum absolute atomic E-state index is 15.3. The van der Waals surface area contributed by atoms with Crippen LogP contribution in [0.25, 0.3) is 0 Å². The maximum Gasteiger partial charge on any atom is 0.243 e. The molecule has 0 unspecified atom stereocenters. The van der Waals surface area contributed by atoms with Gasteiger partial charge in [0.15, 0.2) is 11.6 Å². The first-order valence-corrected chi connectivity index (χ1v) is 11.7. The van der Waals surface area contributed by atoms with Crippen molar-refractivity contribution in [1.82, 2.24) is 25.4 Å².